The van der Waals surface area contributed by atoms with Crippen molar-refractivity contribution in [2.45, 2.75) is 44.9 Å². The Bertz CT molecular complexity index is 2160. The van der Waals surface area contributed by atoms with E-state index in [1.165, 1.54) is 12.1 Å². The third-order valence-corrected chi connectivity index (χ3v) is 9.15. The van der Waals surface area contributed by atoms with Gasteiger partial charge in [0.15, 0.2) is 0 Å². The predicted molar refractivity (Wildman–Crippen MR) is 220 cm³/mol. The van der Waals surface area contributed by atoms with Crippen LogP contribution < -0.4 is 37.4 Å². The largest absolute Gasteiger partial charge is 0.351 e. The first-order valence-corrected chi connectivity index (χ1v) is 19.1. The van der Waals surface area contributed by atoms with Crippen molar-refractivity contribution in [3.05, 3.63) is 71.8 Å². The Kier molecular flexibility index (Phi) is 16.2. The Morgan fingerprint density at radius 2 is 0.831 bits per heavy atom. The lowest BCUT2D eigenvalue weighted by molar-refractivity contribution is -0.129. The van der Waals surface area contributed by atoms with Gasteiger partial charge in [0, 0.05) is 85.3 Å². The van der Waals surface area contributed by atoms with Crippen LogP contribution in [0.25, 0.3) is 0 Å². The van der Waals surface area contributed by atoms with Gasteiger partial charge in [-0.15, -0.1) is 0 Å². The van der Waals surface area contributed by atoms with E-state index in [2.05, 4.69) is 31.9 Å². The molecule has 0 bridgehead atoms. The molecule has 7 amide bonds. The molecule has 0 aliphatic heterocycles. The first-order chi connectivity index (χ1) is 28.0. The summed E-state index contributed by atoms with van der Waals surface area (Å²) in [6.07, 6.45) is 8.80. The molecule has 20 nitrogen and oxygen atoms in total. The highest BCUT2D eigenvalue weighted by atomic mass is 16.5. The van der Waals surface area contributed by atoms with Gasteiger partial charge in [-0.2, -0.15) is 0 Å². The summed E-state index contributed by atoms with van der Waals surface area (Å²) >= 11 is 0. The molecule has 4 heterocycles. The maximum absolute atomic E-state index is 13.1. The average molecular weight is 819 g/mol. The van der Waals surface area contributed by atoms with E-state index in [0.717, 1.165) is 13.0 Å². The van der Waals surface area contributed by atoms with Crippen molar-refractivity contribution in [3.63, 3.8) is 0 Å². The third kappa shape index (κ3) is 13.5. The number of carbonyl (C=O) groups is 7. The number of carbonyl (C=O) groups excluding carboxylic acids is 7. The van der Waals surface area contributed by atoms with Crippen LogP contribution in [-0.2, 0) is 42.6 Å². The van der Waals surface area contributed by atoms with Crippen LogP contribution in [0.1, 0.15) is 86.9 Å². The van der Waals surface area contributed by atoms with Crippen molar-refractivity contribution in [1.82, 2.24) is 39.3 Å². The SMILES string of the molecule is CN(C)CCCNC(=O)c1cc(NC(=O)c2cc(NC(=O)CCCNC(=O)c3cc(NC(=O)c4cc(NC(=O)CCCCC(=O)NO)cn4C)cn3C)cn2C)cn1C. The molecule has 4 aromatic heterocycles. The molecule has 4 aromatic rings. The topological polar surface area (TPSA) is 247 Å². The van der Waals surface area contributed by atoms with Crippen LogP contribution in [0, 0.1) is 0 Å². The molecule has 8 N–H and O–H groups in total. The van der Waals surface area contributed by atoms with Crippen molar-refractivity contribution in [1.29, 1.82) is 0 Å². The number of hydroxylamine groups is 1. The second kappa shape index (κ2) is 21.2. The lowest BCUT2D eigenvalue weighted by Gasteiger charge is -2.10. The molecule has 0 spiro atoms. The minimum Gasteiger partial charge on any atom is -0.351 e. The van der Waals surface area contributed by atoms with Crippen LogP contribution in [0.4, 0.5) is 22.7 Å². The number of nitrogens with zero attached hydrogens (tertiary/aromatic N) is 5. The molecule has 0 saturated heterocycles. The van der Waals surface area contributed by atoms with Gasteiger partial charge in [-0.05, 0) is 70.6 Å². The Balaban J connectivity index is 1.19. The molecule has 20 heteroatoms. The quantitative estimate of drug-likeness (QED) is 0.0349. The zero-order chi connectivity index (χ0) is 43.2. The number of unbranched alkanes of at least 4 members (excludes halogenated alkanes) is 1. The van der Waals surface area contributed by atoms with Crippen molar-refractivity contribution >= 4 is 64.1 Å². The number of aromatic nitrogens is 4. The third-order valence-electron chi connectivity index (χ3n) is 9.15. The van der Waals surface area contributed by atoms with Gasteiger partial charge in [0.2, 0.25) is 17.7 Å². The molecule has 0 fully saturated rings. The molecule has 0 aliphatic rings. The van der Waals surface area contributed by atoms with Crippen molar-refractivity contribution in [2.75, 3.05) is 55.0 Å². The number of aryl methyl sites for hydroxylation is 4. The lowest BCUT2D eigenvalue weighted by Crippen LogP contribution is -2.28. The summed E-state index contributed by atoms with van der Waals surface area (Å²) in [6, 6.07) is 6.19. The van der Waals surface area contributed by atoms with Gasteiger partial charge < -0.3 is 55.1 Å². The van der Waals surface area contributed by atoms with Crippen LogP contribution in [-0.4, -0.2) is 103 Å². The highest BCUT2D eigenvalue weighted by Gasteiger charge is 2.19. The number of nitrogens with one attached hydrogen (secondary N) is 7. The minimum atomic E-state index is -0.520. The van der Waals surface area contributed by atoms with E-state index in [1.54, 1.807) is 88.9 Å². The van der Waals surface area contributed by atoms with Gasteiger partial charge in [0.25, 0.3) is 23.6 Å². The monoisotopic (exact) mass is 818 g/mol. The van der Waals surface area contributed by atoms with E-state index in [4.69, 9.17) is 5.21 Å². The number of rotatable bonds is 21. The molecule has 0 atom stereocenters. The molecule has 0 aliphatic carbocycles. The average Bonchev–Trinajstić information content (AvgIpc) is 3.94. The maximum atomic E-state index is 13.1. The summed E-state index contributed by atoms with van der Waals surface area (Å²) in [6.45, 7) is 1.57. The Hall–Kier alpha value is -6.67. The summed E-state index contributed by atoms with van der Waals surface area (Å²) in [5.41, 5.74) is 4.45. The molecule has 0 radical (unpaired) electrons. The fourth-order valence-corrected chi connectivity index (χ4v) is 6.13. The van der Waals surface area contributed by atoms with Gasteiger partial charge in [-0.25, -0.2) is 5.48 Å². The van der Waals surface area contributed by atoms with E-state index < -0.39 is 23.6 Å². The Morgan fingerprint density at radius 3 is 1.22 bits per heavy atom. The standard InChI is InChI=1S/C39H54N12O8/c1-47(2)16-10-15-41-37(56)30-20-28(24-49(30)4)45-39(58)32-18-26(22-51(32)6)43-34(53)13-9-14-40-36(55)29-19-27(23-48(29)3)44-38(57)31-17-25(21-50(31)5)42-33(52)11-7-8-12-35(54)46-59/h17-24,59H,7-16H2,1-6H3,(H,40,55)(H,41,56)(H,42,52)(H,43,53)(H,44,57)(H,45,58)(H,46,54). The fourth-order valence-electron chi connectivity index (χ4n) is 6.13. The Morgan fingerprint density at radius 1 is 0.492 bits per heavy atom. The molecule has 0 unspecified atom stereocenters. The number of hydrogen-bond acceptors (Lipinski definition) is 9. The zero-order valence-corrected chi connectivity index (χ0v) is 34.2. The smallest absolute Gasteiger partial charge is 0.272 e. The molecular weight excluding hydrogens is 765 g/mol. The predicted octanol–water partition coefficient (Wildman–Crippen LogP) is 2.38. The first-order valence-electron chi connectivity index (χ1n) is 19.1. The number of anilines is 4. The summed E-state index contributed by atoms with van der Waals surface area (Å²) < 4.78 is 6.33. The van der Waals surface area contributed by atoms with Crippen LogP contribution >= 0.6 is 0 Å². The summed E-state index contributed by atoms with van der Waals surface area (Å²) in [7, 11) is 10.6. The molecular formula is C39H54N12O8. The number of hydrogen-bond donors (Lipinski definition) is 8. The van der Waals surface area contributed by atoms with Crippen molar-refractivity contribution < 1.29 is 38.8 Å². The molecule has 318 valence electrons. The lowest BCUT2D eigenvalue weighted by atomic mass is 10.2. The van der Waals surface area contributed by atoms with E-state index >= 15 is 0 Å². The number of amides is 7. The van der Waals surface area contributed by atoms with Gasteiger partial charge >= 0.3 is 0 Å². The van der Waals surface area contributed by atoms with Gasteiger partial charge in [0.05, 0.1) is 22.7 Å². The zero-order valence-electron chi connectivity index (χ0n) is 34.2. The van der Waals surface area contributed by atoms with Gasteiger partial charge in [0.1, 0.15) is 22.8 Å². The normalized spacial score (nSPS) is 10.9. The van der Waals surface area contributed by atoms with E-state index in [0.29, 0.717) is 59.9 Å². The van der Waals surface area contributed by atoms with Crippen LogP contribution in [0.3, 0.4) is 0 Å². The maximum Gasteiger partial charge on any atom is 0.272 e. The van der Waals surface area contributed by atoms with E-state index in [-0.39, 0.29) is 54.9 Å². The molecule has 0 aromatic carbocycles. The molecule has 4 rings (SSSR count). The minimum absolute atomic E-state index is 0.0948. The molecule has 0 saturated carbocycles. The first kappa shape index (κ1) is 45.0. The fraction of sp³-hybridized carbons (Fsp3) is 0.410. The van der Waals surface area contributed by atoms with Crippen LogP contribution in [0.5, 0.6) is 0 Å². The van der Waals surface area contributed by atoms with Crippen LogP contribution in [0.2, 0.25) is 0 Å². The second-order valence-corrected chi connectivity index (χ2v) is 14.4. The highest BCUT2D eigenvalue weighted by molar-refractivity contribution is 6.06. The summed E-state index contributed by atoms with van der Waals surface area (Å²) in [5, 5.41) is 25.3. The summed E-state index contributed by atoms with van der Waals surface area (Å²) in [4.78, 5) is 89.9. The van der Waals surface area contributed by atoms with Crippen LogP contribution in [0.15, 0.2) is 49.1 Å². The summed E-state index contributed by atoms with van der Waals surface area (Å²) in [5.74, 6) is -2.64. The Labute approximate surface area is 341 Å². The van der Waals surface area contributed by atoms with E-state index in [1.807, 2.05) is 19.0 Å². The van der Waals surface area contributed by atoms with Gasteiger partial charge in [-0.3, -0.25) is 38.8 Å². The highest BCUT2D eigenvalue weighted by Crippen LogP contribution is 2.20. The second-order valence-electron chi connectivity index (χ2n) is 14.4. The van der Waals surface area contributed by atoms with Crippen molar-refractivity contribution in [2.24, 2.45) is 28.2 Å². The molecule has 59 heavy (non-hydrogen) atoms. The van der Waals surface area contributed by atoms with Crippen molar-refractivity contribution in [3.8, 4) is 0 Å². The van der Waals surface area contributed by atoms with E-state index in [9.17, 15) is 33.6 Å². The van der Waals surface area contributed by atoms with Gasteiger partial charge in [-0.1, -0.05) is 0 Å².